The number of rotatable bonds is 11. The molecule has 0 radical (unpaired) electrons. The van der Waals surface area contributed by atoms with Crippen LogP contribution in [0.3, 0.4) is 0 Å². The van der Waals surface area contributed by atoms with Gasteiger partial charge in [-0.3, -0.25) is 24.2 Å². The number of carboxylic acid groups (broad SMARTS) is 1. The monoisotopic (exact) mass is 484 g/mol. The van der Waals surface area contributed by atoms with E-state index in [2.05, 4.69) is 15.6 Å². The molecular weight excluding hydrogens is 452 g/mol. The fourth-order valence-corrected chi connectivity index (χ4v) is 2.95. The highest BCUT2D eigenvalue weighted by atomic mass is 16.4. The van der Waals surface area contributed by atoms with Gasteiger partial charge in [0.15, 0.2) is 5.96 Å². The van der Waals surface area contributed by atoms with Crippen molar-refractivity contribution in [3.63, 3.8) is 0 Å². The second kappa shape index (κ2) is 15.4. The van der Waals surface area contributed by atoms with Crippen LogP contribution < -0.4 is 27.8 Å². The molecule has 2 aromatic rings. The number of amides is 3. The number of hydrogen-bond donors (Lipinski definition) is 6. The number of guanidine groups is 1. The maximum Gasteiger partial charge on any atom is 0.300 e. The SMILES string of the molecule is CC(=O)O.NC(=O)C(Cc1ccccc1)NC(=O)C(CCCN=C(N)N)NC(=O)c1ccccc1. The predicted octanol–water partition coefficient (Wildman–Crippen LogP) is 0.142. The lowest BCUT2D eigenvalue weighted by molar-refractivity contribution is -0.134. The highest BCUT2D eigenvalue weighted by molar-refractivity contribution is 5.98. The molecule has 0 spiro atoms. The van der Waals surface area contributed by atoms with E-state index in [0.29, 0.717) is 18.5 Å². The van der Waals surface area contributed by atoms with Gasteiger partial charge in [0.25, 0.3) is 11.9 Å². The third kappa shape index (κ3) is 12.4. The highest BCUT2D eigenvalue weighted by Gasteiger charge is 2.26. The summed E-state index contributed by atoms with van der Waals surface area (Å²) in [4.78, 5) is 50.3. The third-order valence-corrected chi connectivity index (χ3v) is 4.55. The largest absolute Gasteiger partial charge is 0.481 e. The molecule has 2 unspecified atom stereocenters. The number of carboxylic acids is 1. The summed E-state index contributed by atoms with van der Waals surface area (Å²) in [5.41, 5.74) is 17.4. The number of primary amides is 1. The zero-order chi connectivity index (χ0) is 26.2. The molecule has 2 aromatic carbocycles. The minimum atomic E-state index is -0.913. The van der Waals surface area contributed by atoms with Crippen LogP contribution in [0.25, 0.3) is 0 Å². The molecule has 11 nitrogen and oxygen atoms in total. The fraction of sp³-hybridized carbons (Fsp3) is 0.292. The molecule has 0 saturated carbocycles. The summed E-state index contributed by atoms with van der Waals surface area (Å²) in [6.07, 6.45) is 0.970. The number of nitrogens with zero attached hydrogens (tertiary/aromatic N) is 1. The van der Waals surface area contributed by atoms with Crippen molar-refractivity contribution in [2.45, 2.75) is 38.3 Å². The van der Waals surface area contributed by atoms with Crippen molar-refractivity contribution in [1.82, 2.24) is 10.6 Å². The summed E-state index contributed by atoms with van der Waals surface area (Å²) in [5.74, 6) is -2.45. The molecule has 0 aliphatic heterocycles. The number of aliphatic carboxylic acids is 1. The normalized spacial score (nSPS) is 11.6. The summed E-state index contributed by atoms with van der Waals surface area (Å²) < 4.78 is 0. The van der Waals surface area contributed by atoms with Crippen LogP contribution in [-0.4, -0.2) is 53.4 Å². The van der Waals surface area contributed by atoms with Gasteiger partial charge in [-0.2, -0.15) is 0 Å². The molecule has 9 N–H and O–H groups in total. The van der Waals surface area contributed by atoms with E-state index >= 15 is 0 Å². The van der Waals surface area contributed by atoms with E-state index in [4.69, 9.17) is 27.1 Å². The molecule has 35 heavy (non-hydrogen) atoms. The zero-order valence-corrected chi connectivity index (χ0v) is 19.5. The maximum absolute atomic E-state index is 12.9. The van der Waals surface area contributed by atoms with Gasteiger partial charge in [-0.15, -0.1) is 0 Å². The molecule has 2 atom stereocenters. The van der Waals surface area contributed by atoms with Gasteiger partial charge in [0.05, 0.1) is 0 Å². The second-order valence-corrected chi connectivity index (χ2v) is 7.51. The highest BCUT2D eigenvalue weighted by Crippen LogP contribution is 2.07. The van der Waals surface area contributed by atoms with Crippen LogP contribution in [0.15, 0.2) is 65.7 Å². The van der Waals surface area contributed by atoms with Crippen LogP contribution in [0.4, 0.5) is 0 Å². The van der Waals surface area contributed by atoms with Gasteiger partial charge in [0, 0.05) is 25.5 Å². The number of nitrogens with one attached hydrogen (secondary N) is 2. The number of hydrogen-bond acceptors (Lipinski definition) is 5. The first kappa shape index (κ1) is 28.6. The van der Waals surface area contributed by atoms with Gasteiger partial charge in [-0.05, 0) is 30.5 Å². The lowest BCUT2D eigenvalue weighted by Crippen LogP contribution is -2.53. The number of carbonyl (C=O) groups excluding carboxylic acids is 3. The molecule has 0 aromatic heterocycles. The smallest absolute Gasteiger partial charge is 0.300 e. The summed E-state index contributed by atoms with van der Waals surface area (Å²) in [6.45, 7) is 1.39. The van der Waals surface area contributed by atoms with Gasteiger partial charge < -0.3 is 32.9 Å². The minimum absolute atomic E-state index is 0.0500. The zero-order valence-electron chi connectivity index (χ0n) is 19.5. The van der Waals surface area contributed by atoms with Crippen molar-refractivity contribution < 1.29 is 24.3 Å². The molecule has 0 aliphatic rings. The Bertz CT molecular complexity index is 990. The van der Waals surface area contributed by atoms with Gasteiger partial charge in [0.1, 0.15) is 12.1 Å². The van der Waals surface area contributed by atoms with Crippen molar-refractivity contribution in [3.05, 3.63) is 71.8 Å². The van der Waals surface area contributed by atoms with Crippen molar-refractivity contribution in [2.75, 3.05) is 6.54 Å². The van der Waals surface area contributed by atoms with Crippen molar-refractivity contribution >= 4 is 29.7 Å². The first-order chi connectivity index (χ1) is 16.6. The van der Waals surface area contributed by atoms with Gasteiger partial charge in [-0.25, -0.2) is 0 Å². The van der Waals surface area contributed by atoms with Crippen molar-refractivity contribution in [2.24, 2.45) is 22.2 Å². The Labute approximate surface area is 203 Å². The Morgan fingerprint density at radius 3 is 1.94 bits per heavy atom. The summed E-state index contributed by atoms with van der Waals surface area (Å²) in [7, 11) is 0. The molecular formula is C24H32N6O5. The molecule has 11 heteroatoms. The van der Waals surface area contributed by atoms with Crippen LogP contribution in [-0.2, 0) is 20.8 Å². The Hall–Kier alpha value is -4.41. The second-order valence-electron chi connectivity index (χ2n) is 7.51. The first-order valence-electron chi connectivity index (χ1n) is 10.8. The standard InChI is InChI=1S/C22H28N6O3.C2H4O2/c23-19(29)18(14-15-8-3-1-4-9-15)28-21(31)17(12-7-13-26-22(24)25)27-20(30)16-10-5-2-6-11-16;1-2(3)4/h1-6,8-11,17-18H,7,12-14H2,(H2,23,29)(H,27,30)(H,28,31)(H4,24,25,26);1H3,(H,3,4). The molecule has 0 saturated heterocycles. The Morgan fingerprint density at radius 1 is 0.886 bits per heavy atom. The molecule has 2 rings (SSSR count). The average molecular weight is 485 g/mol. The topological polar surface area (TPSA) is 203 Å². The van der Waals surface area contributed by atoms with E-state index < -0.39 is 35.8 Å². The molecule has 0 aliphatic carbocycles. The maximum atomic E-state index is 12.9. The van der Waals surface area contributed by atoms with E-state index in [0.717, 1.165) is 12.5 Å². The van der Waals surface area contributed by atoms with Crippen LogP contribution in [0.2, 0.25) is 0 Å². The quantitative estimate of drug-likeness (QED) is 0.148. The predicted molar refractivity (Wildman–Crippen MR) is 132 cm³/mol. The molecule has 3 amide bonds. The van der Waals surface area contributed by atoms with Crippen LogP contribution in [0.1, 0.15) is 35.7 Å². The van der Waals surface area contributed by atoms with Crippen LogP contribution in [0, 0.1) is 0 Å². The van der Waals surface area contributed by atoms with Gasteiger partial charge >= 0.3 is 0 Å². The van der Waals surface area contributed by atoms with Crippen molar-refractivity contribution in [1.29, 1.82) is 0 Å². The summed E-state index contributed by atoms with van der Waals surface area (Å²) >= 11 is 0. The summed E-state index contributed by atoms with van der Waals surface area (Å²) in [6, 6.07) is 15.9. The lowest BCUT2D eigenvalue weighted by Gasteiger charge is -2.22. The number of benzene rings is 2. The molecule has 0 heterocycles. The Balaban J connectivity index is 0.00000142. The number of nitrogens with two attached hydrogens (primary N) is 3. The van der Waals surface area contributed by atoms with Crippen LogP contribution in [0.5, 0.6) is 0 Å². The third-order valence-electron chi connectivity index (χ3n) is 4.55. The first-order valence-corrected chi connectivity index (χ1v) is 10.8. The number of carbonyl (C=O) groups is 4. The van der Waals surface area contributed by atoms with Gasteiger partial charge in [0.2, 0.25) is 11.8 Å². The van der Waals surface area contributed by atoms with E-state index in [1.165, 1.54) is 0 Å². The average Bonchev–Trinajstić information content (AvgIpc) is 2.81. The number of aliphatic imine (C=N–C) groups is 1. The summed E-state index contributed by atoms with van der Waals surface area (Å²) in [5, 5.41) is 12.8. The van der Waals surface area contributed by atoms with E-state index in [-0.39, 0.29) is 18.8 Å². The van der Waals surface area contributed by atoms with Crippen LogP contribution >= 0.6 is 0 Å². The Morgan fingerprint density at radius 2 is 1.43 bits per heavy atom. The van der Waals surface area contributed by atoms with E-state index in [1.54, 1.807) is 30.3 Å². The van der Waals surface area contributed by atoms with E-state index in [9.17, 15) is 14.4 Å². The molecule has 188 valence electrons. The van der Waals surface area contributed by atoms with Gasteiger partial charge in [-0.1, -0.05) is 48.5 Å². The van der Waals surface area contributed by atoms with Crippen molar-refractivity contribution in [3.8, 4) is 0 Å². The fourth-order valence-electron chi connectivity index (χ4n) is 2.95. The lowest BCUT2D eigenvalue weighted by atomic mass is 10.0. The van der Waals surface area contributed by atoms with E-state index in [1.807, 2.05) is 30.3 Å². The Kier molecular flexibility index (Phi) is 12.6. The molecule has 0 fully saturated rings. The molecule has 0 bridgehead atoms. The minimum Gasteiger partial charge on any atom is -0.481 e.